The van der Waals surface area contributed by atoms with Crippen molar-refractivity contribution in [1.82, 2.24) is 9.97 Å². The summed E-state index contributed by atoms with van der Waals surface area (Å²) in [6, 6.07) is 14.7. The van der Waals surface area contributed by atoms with Crippen LogP contribution in [-0.2, 0) is 6.42 Å². The Morgan fingerprint density at radius 3 is 2.46 bits per heavy atom. The number of aryl methyl sites for hydroxylation is 1. The lowest BCUT2D eigenvalue weighted by Crippen LogP contribution is -2.03. The van der Waals surface area contributed by atoms with Gasteiger partial charge < -0.3 is 10.1 Å². The third-order valence-corrected chi connectivity index (χ3v) is 4.56. The van der Waals surface area contributed by atoms with E-state index in [1.807, 2.05) is 24.3 Å². The number of benzene rings is 2. The van der Waals surface area contributed by atoms with Gasteiger partial charge in [0.25, 0.3) is 0 Å². The minimum atomic E-state index is -0.549. The standard InChI is InChI=1S/C20H19BrN4O3/c1-2-3-4-14-5-9-16(10-6-14)24-19-18(25(26)27)20(23-13-22-19)28-17-11-7-15(21)8-12-17/h5-13H,2-4H2,1H3,(H,22,23,24). The molecule has 0 aliphatic heterocycles. The van der Waals surface area contributed by atoms with E-state index in [1.165, 1.54) is 11.9 Å². The smallest absolute Gasteiger partial charge is 0.373 e. The molecule has 3 rings (SSSR count). The molecule has 0 atom stereocenters. The van der Waals surface area contributed by atoms with Gasteiger partial charge in [-0.2, -0.15) is 4.98 Å². The molecule has 0 saturated carbocycles. The lowest BCUT2D eigenvalue weighted by atomic mass is 10.1. The summed E-state index contributed by atoms with van der Waals surface area (Å²) >= 11 is 3.34. The molecule has 0 spiro atoms. The van der Waals surface area contributed by atoms with E-state index in [9.17, 15) is 10.1 Å². The van der Waals surface area contributed by atoms with Gasteiger partial charge in [0, 0.05) is 10.2 Å². The number of ether oxygens (including phenoxy) is 1. The molecule has 0 aliphatic rings. The van der Waals surface area contributed by atoms with Crippen LogP contribution in [0.15, 0.2) is 59.3 Å². The number of unbranched alkanes of at least 4 members (excludes halogenated alkanes) is 1. The number of aromatic nitrogens is 2. The first kappa shape index (κ1) is 19.8. The van der Waals surface area contributed by atoms with E-state index in [0.29, 0.717) is 11.4 Å². The van der Waals surface area contributed by atoms with E-state index < -0.39 is 4.92 Å². The number of nitrogens with one attached hydrogen (secondary N) is 1. The zero-order chi connectivity index (χ0) is 19.9. The molecule has 7 nitrogen and oxygen atoms in total. The number of hydrogen-bond donors (Lipinski definition) is 1. The normalized spacial score (nSPS) is 10.5. The Morgan fingerprint density at radius 1 is 1.11 bits per heavy atom. The fraction of sp³-hybridized carbons (Fsp3) is 0.200. The summed E-state index contributed by atoms with van der Waals surface area (Å²) in [6.45, 7) is 2.15. The summed E-state index contributed by atoms with van der Waals surface area (Å²) in [7, 11) is 0. The molecule has 0 unspecified atom stereocenters. The summed E-state index contributed by atoms with van der Waals surface area (Å²) in [6.07, 6.45) is 4.50. The minimum absolute atomic E-state index is 0.0772. The molecule has 0 fully saturated rings. The van der Waals surface area contributed by atoms with Gasteiger partial charge in [-0.1, -0.05) is 41.4 Å². The summed E-state index contributed by atoms with van der Waals surface area (Å²) in [5.41, 5.74) is 1.61. The highest BCUT2D eigenvalue weighted by Crippen LogP contribution is 2.35. The van der Waals surface area contributed by atoms with Crippen molar-refractivity contribution in [3.63, 3.8) is 0 Å². The van der Waals surface area contributed by atoms with E-state index in [-0.39, 0.29) is 17.4 Å². The second-order valence-electron chi connectivity index (χ2n) is 6.11. The van der Waals surface area contributed by atoms with Crippen LogP contribution in [0.2, 0.25) is 0 Å². The van der Waals surface area contributed by atoms with Gasteiger partial charge in [-0.25, -0.2) is 4.98 Å². The van der Waals surface area contributed by atoms with Gasteiger partial charge in [0.1, 0.15) is 12.1 Å². The number of nitrogens with zero attached hydrogens (tertiary/aromatic N) is 3. The van der Waals surface area contributed by atoms with E-state index in [2.05, 4.69) is 38.1 Å². The van der Waals surface area contributed by atoms with Crippen LogP contribution >= 0.6 is 15.9 Å². The zero-order valence-electron chi connectivity index (χ0n) is 15.3. The molecule has 144 valence electrons. The molecular weight excluding hydrogens is 424 g/mol. The number of hydrogen-bond acceptors (Lipinski definition) is 6. The summed E-state index contributed by atoms with van der Waals surface area (Å²) < 4.78 is 6.49. The van der Waals surface area contributed by atoms with Gasteiger partial charge in [0.2, 0.25) is 5.82 Å². The van der Waals surface area contributed by atoms with Crippen molar-refractivity contribution >= 4 is 33.1 Å². The maximum atomic E-state index is 11.6. The highest BCUT2D eigenvalue weighted by Gasteiger charge is 2.25. The Kier molecular flexibility index (Phi) is 6.54. The summed E-state index contributed by atoms with van der Waals surface area (Å²) in [4.78, 5) is 19.1. The van der Waals surface area contributed by atoms with Gasteiger partial charge in [0.05, 0.1) is 4.92 Å². The Labute approximate surface area is 171 Å². The molecule has 0 amide bonds. The van der Waals surface area contributed by atoms with Crippen LogP contribution in [-0.4, -0.2) is 14.9 Å². The van der Waals surface area contributed by atoms with Crippen molar-refractivity contribution in [3.8, 4) is 11.6 Å². The van der Waals surface area contributed by atoms with E-state index >= 15 is 0 Å². The fourth-order valence-corrected chi connectivity index (χ4v) is 2.84. The molecule has 0 aliphatic carbocycles. The predicted octanol–water partition coefficient (Wildman–Crippen LogP) is 6.03. The average molecular weight is 443 g/mol. The second-order valence-corrected chi connectivity index (χ2v) is 7.03. The first-order chi connectivity index (χ1) is 13.6. The largest absolute Gasteiger partial charge is 0.434 e. The number of anilines is 2. The zero-order valence-corrected chi connectivity index (χ0v) is 16.8. The molecule has 3 aromatic rings. The molecule has 28 heavy (non-hydrogen) atoms. The Balaban J connectivity index is 1.84. The molecule has 0 radical (unpaired) electrons. The van der Waals surface area contributed by atoms with Crippen LogP contribution in [0.4, 0.5) is 17.2 Å². The van der Waals surface area contributed by atoms with Crippen molar-refractivity contribution < 1.29 is 9.66 Å². The maximum Gasteiger partial charge on any atom is 0.373 e. The van der Waals surface area contributed by atoms with Crippen LogP contribution in [0, 0.1) is 10.1 Å². The van der Waals surface area contributed by atoms with Crippen molar-refractivity contribution in [3.05, 3.63) is 75.0 Å². The van der Waals surface area contributed by atoms with Crippen molar-refractivity contribution in [1.29, 1.82) is 0 Å². The SMILES string of the molecule is CCCCc1ccc(Nc2ncnc(Oc3ccc(Br)cc3)c2[N+](=O)[O-])cc1. The van der Waals surface area contributed by atoms with Gasteiger partial charge in [-0.15, -0.1) is 0 Å². The van der Waals surface area contributed by atoms with E-state index in [1.54, 1.807) is 24.3 Å². The molecule has 1 aromatic heterocycles. The molecule has 0 saturated heterocycles. The topological polar surface area (TPSA) is 90.2 Å². The third kappa shape index (κ3) is 5.04. The number of nitro groups is 1. The third-order valence-electron chi connectivity index (χ3n) is 4.04. The average Bonchev–Trinajstić information content (AvgIpc) is 2.69. The van der Waals surface area contributed by atoms with Crippen molar-refractivity contribution in [2.45, 2.75) is 26.2 Å². The highest BCUT2D eigenvalue weighted by atomic mass is 79.9. The molecule has 1 heterocycles. The predicted molar refractivity (Wildman–Crippen MR) is 111 cm³/mol. The lowest BCUT2D eigenvalue weighted by Gasteiger charge is -2.10. The number of rotatable bonds is 8. The minimum Gasteiger partial charge on any atom is -0.434 e. The van der Waals surface area contributed by atoms with Gasteiger partial charge in [-0.05, 0) is 54.8 Å². The van der Waals surface area contributed by atoms with Crippen LogP contribution < -0.4 is 10.1 Å². The van der Waals surface area contributed by atoms with E-state index in [0.717, 1.165) is 23.7 Å². The molecular formula is C20H19BrN4O3. The molecule has 8 heteroatoms. The Hall–Kier alpha value is -3.00. The van der Waals surface area contributed by atoms with Crippen LogP contribution in [0.25, 0.3) is 0 Å². The van der Waals surface area contributed by atoms with Crippen molar-refractivity contribution in [2.75, 3.05) is 5.32 Å². The van der Waals surface area contributed by atoms with Crippen LogP contribution in [0.5, 0.6) is 11.6 Å². The first-order valence-electron chi connectivity index (χ1n) is 8.85. The lowest BCUT2D eigenvalue weighted by molar-refractivity contribution is -0.385. The quantitative estimate of drug-likeness (QED) is 0.338. The Morgan fingerprint density at radius 2 is 1.82 bits per heavy atom. The molecule has 0 bridgehead atoms. The highest BCUT2D eigenvalue weighted by molar-refractivity contribution is 9.10. The molecule has 1 N–H and O–H groups in total. The first-order valence-corrected chi connectivity index (χ1v) is 9.65. The van der Waals surface area contributed by atoms with Gasteiger partial charge in [0.15, 0.2) is 0 Å². The summed E-state index contributed by atoms with van der Waals surface area (Å²) in [5.74, 6) is 0.397. The Bertz CT molecular complexity index is 947. The van der Waals surface area contributed by atoms with Crippen LogP contribution in [0.1, 0.15) is 25.3 Å². The van der Waals surface area contributed by atoms with E-state index in [4.69, 9.17) is 4.74 Å². The number of halogens is 1. The maximum absolute atomic E-state index is 11.6. The van der Waals surface area contributed by atoms with Gasteiger partial charge in [-0.3, -0.25) is 10.1 Å². The second kappa shape index (κ2) is 9.27. The summed E-state index contributed by atoms with van der Waals surface area (Å²) in [5, 5.41) is 14.6. The van der Waals surface area contributed by atoms with Crippen molar-refractivity contribution in [2.24, 2.45) is 0 Å². The monoisotopic (exact) mass is 442 g/mol. The fourth-order valence-electron chi connectivity index (χ4n) is 2.58. The van der Waals surface area contributed by atoms with Gasteiger partial charge >= 0.3 is 11.6 Å². The van der Waals surface area contributed by atoms with Crippen LogP contribution in [0.3, 0.4) is 0 Å². The molecule has 2 aromatic carbocycles.